The minimum Gasteiger partial charge on any atom is -0.459 e. The van der Waals surface area contributed by atoms with Crippen LogP contribution in [-0.4, -0.2) is 56.4 Å². The molecule has 6 heteroatoms. The number of carbonyl (C=O) groups excluding carboxylic acids is 1. The molecule has 1 saturated heterocycles. The number of esters is 1. The van der Waals surface area contributed by atoms with Crippen molar-refractivity contribution in [2.75, 3.05) is 6.61 Å². The zero-order valence-electron chi connectivity index (χ0n) is 12.7. The molecule has 0 amide bonds. The van der Waals surface area contributed by atoms with E-state index in [2.05, 4.69) is 0 Å². The fourth-order valence-corrected chi connectivity index (χ4v) is 5.23. The molecule has 0 unspecified atom stereocenters. The first-order chi connectivity index (χ1) is 9.57. The van der Waals surface area contributed by atoms with Crippen molar-refractivity contribution in [2.45, 2.75) is 63.4 Å². The number of rotatable bonds is 1. The van der Waals surface area contributed by atoms with Gasteiger partial charge in [-0.2, -0.15) is 0 Å². The number of aliphatic hydroxyl groups excluding tert-OH is 2. The molecule has 3 fully saturated rings. The average Bonchev–Trinajstić information content (AvgIpc) is 2.52. The normalized spacial score (nSPS) is 59.6. The third-order valence-electron chi connectivity index (χ3n) is 6.95. The molecule has 1 aliphatic heterocycles. The highest BCUT2D eigenvalue weighted by Gasteiger charge is 2.80. The van der Waals surface area contributed by atoms with Crippen molar-refractivity contribution in [1.29, 1.82) is 0 Å². The van der Waals surface area contributed by atoms with Gasteiger partial charge in [0.15, 0.2) is 0 Å². The summed E-state index contributed by atoms with van der Waals surface area (Å²) in [6.07, 6.45) is -1.28. The molecule has 2 aliphatic carbocycles. The summed E-state index contributed by atoms with van der Waals surface area (Å²) in [5.74, 6) is -0.432. The fraction of sp³-hybridized carbons (Fsp3) is 0.933. The molecule has 2 saturated carbocycles. The quantitative estimate of drug-likeness (QED) is 0.490. The van der Waals surface area contributed by atoms with Crippen molar-refractivity contribution in [3.05, 3.63) is 0 Å². The van der Waals surface area contributed by atoms with Crippen LogP contribution >= 0.6 is 0 Å². The van der Waals surface area contributed by atoms with Crippen LogP contribution in [0, 0.1) is 16.7 Å². The van der Waals surface area contributed by atoms with Gasteiger partial charge in [-0.25, -0.2) is 0 Å². The van der Waals surface area contributed by atoms with Gasteiger partial charge in [-0.05, 0) is 25.7 Å². The standard InChI is InChI=1S/C15H24O6/c1-8-4-10-15(20)12(2,7-16)13(3,19)9(17)5-14(8,15)6-11(18)21-10/h8-10,16-17,19-20H,4-7H2,1-3H3/t8-,9-,10+,12-,13+,14-,15+/m1/s1. The van der Waals surface area contributed by atoms with Gasteiger partial charge in [-0.1, -0.05) is 13.8 Å². The Morgan fingerprint density at radius 2 is 1.95 bits per heavy atom. The maximum Gasteiger partial charge on any atom is 0.306 e. The predicted octanol–water partition coefficient (Wildman–Crippen LogP) is -0.427. The molecule has 21 heavy (non-hydrogen) atoms. The summed E-state index contributed by atoms with van der Waals surface area (Å²) in [5, 5.41) is 42.7. The van der Waals surface area contributed by atoms with Gasteiger partial charge < -0.3 is 25.2 Å². The molecule has 4 N–H and O–H groups in total. The van der Waals surface area contributed by atoms with Crippen LogP contribution in [0.3, 0.4) is 0 Å². The minimum atomic E-state index is -1.67. The predicted molar refractivity (Wildman–Crippen MR) is 72.1 cm³/mol. The highest BCUT2D eigenvalue weighted by Crippen LogP contribution is 2.70. The van der Waals surface area contributed by atoms with E-state index in [4.69, 9.17) is 4.74 Å². The Bertz CT molecular complexity index is 491. The Morgan fingerprint density at radius 1 is 1.33 bits per heavy atom. The number of carbonyl (C=O) groups is 1. The summed E-state index contributed by atoms with van der Waals surface area (Å²) in [6.45, 7) is 4.42. The number of ether oxygens (including phenoxy) is 1. The summed E-state index contributed by atoms with van der Waals surface area (Å²) in [4.78, 5) is 11.9. The summed E-state index contributed by atoms with van der Waals surface area (Å²) < 4.78 is 5.35. The SMILES string of the molecule is C[C@@H]1C[C@@H]2OC(=O)C[C@]13C[C@@H](O)[C@](C)(O)[C@@](C)(CO)[C@@]23O. The summed E-state index contributed by atoms with van der Waals surface area (Å²) in [7, 11) is 0. The van der Waals surface area contributed by atoms with Gasteiger partial charge >= 0.3 is 5.97 Å². The lowest BCUT2D eigenvalue weighted by Gasteiger charge is -2.66. The maximum atomic E-state index is 11.9. The van der Waals surface area contributed by atoms with E-state index in [0.29, 0.717) is 6.42 Å². The zero-order chi connectivity index (χ0) is 15.8. The van der Waals surface area contributed by atoms with Crippen molar-refractivity contribution in [1.82, 2.24) is 0 Å². The van der Waals surface area contributed by atoms with E-state index in [1.807, 2.05) is 6.92 Å². The summed E-state index contributed by atoms with van der Waals surface area (Å²) in [5.41, 5.74) is -5.48. The second-order valence-corrected chi connectivity index (χ2v) is 7.57. The topological polar surface area (TPSA) is 107 Å². The first kappa shape index (κ1) is 15.2. The molecule has 0 spiro atoms. The van der Waals surface area contributed by atoms with Crippen molar-refractivity contribution in [3.63, 3.8) is 0 Å². The average molecular weight is 300 g/mol. The number of aliphatic hydroxyl groups is 4. The highest BCUT2D eigenvalue weighted by atomic mass is 16.6. The lowest BCUT2D eigenvalue weighted by molar-refractivity contribution is -0.335. The fourth-order valence-electron chi connectivity index (χ4n) is 5.23. The van der Waals surface area contributed by atoms with E-state index in [1.165, 1.54) is 6.92 Å². The lowest BCUT2D eigenvalue weighted by atomic mass is 9.44. The molecule has 0 aromatic carbocycles. The molecule has 1 heterocycles. The molecule has 6 nitrogen and oxygen atoms in total. The van der Waals surface area contributed by atoms with Crippen LogP contribution in [-0.2, 0) is 9.53 Å². The Balaban J connectivity index is 2.25. The number of hydrogen-bond donors (Lipinski definition) is 4. The molecule has 0 radical (unpaired) electrons. The summed E-state index contributed by atoms with van der Waals surface area (Å²) in [6, 6.07) is 0. The monoisotopic (exact) mass is 300 g/mol. The molecular weight excluding hydrogens is 276 g/mol. The van der Waals surface area contributed by atoms with Crippen LogP contribution in [0.25, 0.3) is 0 Å². The van der Waals surface area contributed by atoms with Gasteiger partial charge in [0.05, 0.1) is 30.1 Å². The van der Waals surface area contributed by atoms with Crippen LogP contribution in [0.5, 0.6) is 0 Å². The minimum absolute atomic E-state index is 0.00387. The summed E-state index contributed by atoms with van der Waals surface area (Å²) >= 11 is 0. The molecule has 7 atom stereocenters. The third kappa shape index (κ3) is 1.36. The van der Waals surface area contributed by atoms with Crippen molar-refractivity contribution in [2.24, 2.45) is 16.7 Å². The van der Waals surface area contributed by atoms with E-state index in [0.717, 1.165) is 0 Å². The van der Waals surface area contributed by atoms with Crippen LogP contribution in [0.1, 0.15) is 40.0 Å². The van der Waals surface area contributed by atoms with E-state index >= 15 is 0 Å². The zero-order valence-corrected chi connectivity index (χ0v) is 12.7. The molecule has 2 bridgehead atoms. The first-order valence-corrected chi connectivity index (χ1v) is 7.50. The van der Waals surface area contributed by atoms with Crippen molar-refractivity contribution < 1.29 is 30.0 Å². The van der Waals surface area contributed by atoms with Crippen LogP contribution in [0.4, 0.5) is 0 Å². The van der Waals surface area contributed by atoms with Crippen LogP contribution in [0.2, 0.25) is 0 Å². The molecule has 3 aliphatic rings. The Morgan fingerprint density at radius 3 is 2.52 bits per heavy atom. The van der Waals surface area contributed by atoms with E-state index in [1.54, 1.807) is 6.92 Å². The molecule has 0 aromatic rings. The largest absolute Gasteiger partial charge is 0.459 e. The smallest absolute Gasteiger partial charge is 0.306 e. The van der Waals surface area contributed by atoms with E-state index in [9.17, 15) is 25.2 Å². The van der Waals surface area contributed by atoms with Gasteiger partial charge in [-0.3, -0.25) is 4.79 Å². The van der Waals surface area contributed by atoms with E-state index < -0.39 is 40.8 Å². The van der Waals surface area contributed by atoms with Gasteiger partial charge in [0, 0.05) is 5.41 Å². The highest BCUT2D eigenvalue weighted by molar-refractivity contribution is 5.73. The third-order valence-corrected chi connectivity index (χ3v) is 6.95. The molecule has 0 aromatic heterocycles. The van der Waals surface area contributed by atoms with Crippen LogP contribution in [0.15, 0.2) is 0 Å². The van der Waals surface area contributed by atoms with Gasteiger partial charge in [0.25, 0.3) is 0 Å². The van der Waals surface area contributed by atoms with E-state index in [-0.39, 0.29) is 24.7 Å². The van der Waals surface area contributed by atoms with Crippen molar-refractivity contribution >= 4 is 5.97 Å². The maximum absolute atomic E-state index is 11.9. The second kappa shape index (κ2) is 3.98. The van der Waals surface area contributed by atoms with Gasteiger partial charge in [0.1, 0.15) is 11.7 Å². The molecule has 3 rings (SSSR count). The molecule has 120 valence electrons. The molecular formula is C15H24O6. The van der Waals surface area contributed by atoms with Crippen molar-refractivity contribution in [3.8, 4) is 0 Å². The second-order valence-electron chi connectivity index (χ2n) is 7.57. The Kier molecular flexibility index (Phi) is 2.89. The van der Waals surface area contributed by atoms with Crippen LogP contribution < -0.4 is 0 Å². The van der Waals surface area contributed by atoms with Gasteiger partial charge in [-0.15, -0.1) is 0 Å². The van der Waals surface area contributed by atoms with Gasteiger partial charge in [0.2, 0.25) is 0 Å². The first-order valence-electron chi connectivity index (χ1n) is 7.50. The Hall–Kier alpha value is -0.690. The lowest BCUT2D eigenvalue weighted by Crippen LogP contribution is -2.79. The Labute approximate surface area is 123 Å². The number of hydrogen-bond acceptors (Lipinski definition) is 6.